The number of nitrogens with one attached hydrogen (secondary N) is 1. The van der Waals surface area contributed by atoms with Gasteiger partial charge in [0.05, 0.1) is 5.56 Å². The van der Waals surface area contributed by atoms with E-state index < -0.39 is 35.1 Å². The lowest BCUT2D eigenvalue weighted by atomic mass is 9.84. The molecule has 1 heterocycles. The molecule has 2 aromatic rings. The Morgan fingerprint density at radius 3 is 2.29 bits per heavy atom. The van der Waals surface area contributed by atoms with Gasteiger partial charge in [0.1, 0.15) is 11.7 Å². The van der Waals surface area contributed by atoms with E-state index in [0.717, 1.165) is 37.2 Å². The molecule has 14 heteroatoms. The fourth-order valence-electron chi connectivity index (χ4n) is 4.77. The number of alkyl halides is 3. The smallest absolute Gasteiger partial charge is 0.408 e. The number of Topliss-reactive ketones (excluding diaryl/α,β-unsaturated/α-hetero) is 1. The minimum absolute atomic E-state index is 0. The van der Waals surface area contributed by atoms with Gasteiger partial charge in [0, 0.05) is 17.9 Å². The molecular weight excluding hydrogens is 583 g/mol. The van der Waals surface area contributed by atoms with E-state index in [2.05, 4.69) is 15.5 Å². The van der Waals surface area contributed by atoms with Crippen LogP contribution in [0.5, 0.6) is 0 Å². The molecule has 41 heavy (non-hydrogen) atoms. The lowest BCUT2D eigenvalue weighted by Gasteiger charge is -2.48. The van der Waals surface area contributed by atoms with Crippen molar-refractivity contribution < 1.29 is 32.0 Å². The van der Waals surface area contributed by atoms with Gasteiger partial charge in [0.2, 0.25) is 12.2 Å². The van der Waals surface area contributed by atoms with Crippen LogP contribution in [0.25, 0.3) is 0 Å². The van der Waals surface area contributed by atoms with E-state index in [-0.39, 0.29) is 41.4 Å². The number of rotatable bonds is 13. The van der Waals surface area contributed by atoms with Crippen molar-refractivity contribution in [2.24, 2.45) is 5.92 Å². The first-order chi connectivity index (χ1) is 18.9. The maximum atomic E-state index is 13.7. The summed E-state index contributed by atoms with van der Waals surface area (Å²) < 4.78 is 44.7. The molecule has 1 saturated carbocycles. The second-order valence-corrected chi connectivity index (χ2v) is 11.7. The third-order valence-electron chi connectivity index (χ3n) is 6.82. The van der Waals surface area contributed by atoms with Crippen molar-refractivity contribution in [3.63, 3.8) is 0 Å². The van der Waals surface area contributed by atoms with Gasteiger partial charge in [-0.2, -0.15) is 13.2 Å². The molecule has 228 valence electrons. The Morgan fingerprint density at radius 1 is 1.12 bits per heavy atom. The highest BCUT2D eigenvalue weighted by Crippen LogP contribution is 2.35. The molecule has 1 aliphatic carbocycles. The second kappa shape index (κ2) is 15.0. The Labute approximate surface area is 248 Å². The summed E-state index contributed by atoms with van der Waals surface area (Å²) >= 11 is 1.32. The Kier molecular flexibility index (Phi) is 12.7. The monoisotopic (exact) mass is 619 g/mol. The summed E-state index contributed by atoms with van der Waals surface area (Å²) in [6.45, 7) is 4.59. The number of thioether (sulfide) groups is 1. The Hall–Kier alpha value is -2.64. The maximum Gasteiger partial charge on any atom is 0.416 e. The molecule has 1 aliphatic rings. The maximum absolute atomic E-state index is 13.7. The molecule has 1 aromatic carbocycles. The van der Waals surface area contributed by atoms with E-state index in [1.54, 1.807) is 0 Å². The van der Waals surface area contributed by atoms with Crippen LogP contribution in [0, 0.1) is 5.92 Å². The van der Waals surface area contributed by atoms with Gasteiger partial charge in [-0.3, -0.25) is 14.4 Å². The first-order valence-electron chi connectivity index (χ1n) is 13.2. The number of aromatic nitrogens is 2. The van der Waals surface area contributed by atoms with Gasteiger partial charge in [0.25, 0.3) is 17.0 Å². The number of nitrogens with zero attached hydrogens (tertiary/aromatic N) is 4. The number of amides is 2. The molecule has 9 nitrogen and oxygen atoms in total. The molecule has 0 radical (unpaired) electrons. The number of carbonyl (C=O) groups is 3. The highest BCUT2D eigenvalue weighted by molar-refractivity contribution is 7.99. The fourth-order valence-corrected chi connectivity index (χ4v) is 5.64. The molecule has 1 atom stereocenters. The number of carbonyl (C=O) groups excluding carboxylic acids is 3. The van der Waals surface area contributed by atoms with Gasteiger partial charge in [-0.05, 0) is 76.4 Å². The van der Waals surface area contributed by atoms with Crippen LogP contribution in [0.2, 0.25) is 0 Å². The van der Waals surface area contributed by atoms with Gasteiger partial charge < -0.3 is 19.5 Å². The molecule has 2 amide bonds. The number of halogens is 4. The summed E-state index contributed by atoms with van der Waals surface area (Å²) in [5, 5.41) is 11.1. The molecule has 0 saturated heterocycles. The van der Waals surface area contributed by atoms with Gasteiger partial charge >= 0.3 is 6.18 Å². The topological polar surface area (TPSA) is 109 Å². The molecule has 1 unspecified atom stereocenters. The zero-order valence-corrected chi connectivity index (χ0v) is 25.2. The summed E-state index contributed by atoms with van der Waals surface area (Å²) in [6.07, 6.45) is -0.665. The quantitative estimate of drug-likeness (QED) is 0.139. The van der Waals surface area contributed by atoms with Crippen LogP contribution in [0.4, 0.5) is 13.2 Å². The molecule has 3 rings (SSSR count). The number of hydrogen-bond acceptors (Lipinski definition) is 8. The Morgan fingerprint density at radius 2 is 1.76 bits per heavy atom. The predicted octanol–water partition coefficient (Wildman–Crippen LogP) is 5.31. The van der Waals surface area contributed by atoms with E-state index in [1.807, 2.05) is 32.8 Å². The fraction of sp³-hybridized carbons (Fsp3) is 0.593. The normalized spacial score (nSPS) is 15.7. The van der Waals surface area contributed by atoms with Crippen LogP contribution in [0.3, 0.4) is 0 Å². The third-order valence-corrected chi connectivity index (χ3v) is 7.62. The summed E-state index contributed by atoms with van der Waals surface area (Å²) in [4.78, 5) is 43.0. The van der Waals surface area contributed by atoms with Crippen molar-refractivity contribution in [1.82, 2.24) is 25.3 Å². The molecule has 1 fully saturated rings. The van der Waals surface area contributed by atoms with E-state index in [1.165, 1.54) is 16.7 Å². The predicted molar refractivity (Wildman–Crippen MR) is 151 cm³/mol. The minimum atomic E-state index is -4.53. The number of ketones is 1. The average Bonchev–Trinajstić information content (AvgIpc) is 3.36. The summed E-state index contributed by atoms with van der Waals surface area (Å²) in [6, 6.07) is 2.89. The molecule has 1 aromatic heterocycles. The zero-order chi connectivity index (χ0) is 29.5. The van der Waals surface area contributed by atoms with Crippen molar-refractivity contribution >= 4 is 42.3 Å². The van der Waals surface area contributed by atoms with Gasteiger partial charge in [0.15, 0.2) is 0 Å². The standard InChI is InChI=1S/C27H36F3N5O4S.ClH/c1-18(2)16-21(22(37)24-32-33-25(39-24)40-15-14-34(3)4)35(17-36)26(12-6-5-7-13-26)31-23(38)19-8-10-20(11-9-19)27(28,29)30;/h8-11,17-18,21H,5-7,12-16H2,1-4H3,(H,31,38);1H. The largest absolute Gasteiger partial charge is 0.416 e. The summed E-state index contributed by atoms with van der Waals surface area (Å²) in [5.74, 6) is -0.695. The summed E-state index contributed by atoms with van der Waals surface area (Å²) in [5.41, 5.74) is -2.06. The molecule has 0 aliphatic heterocycles. The first-order valence-corrected chi connectivity index (χ1v) is 14.2. The lowest BCUT2D eigenvalue weighted by Crippen LogP contribution is -2.65. The highest BCUT2D eigenvalue weighted by Gasteiger charge is 2.45. The van der Waals surface area contributed by atoms with Crippen LogP contribution in [-0.4, -0.2) is 76.2 Å². The third kappa shape index (κ3) is 9.17. The molecule has 0 bridgehead atoms. The van der Waals surface area contributed by atoms with Gasteiger partial charge in [-0.1, -0.05) is 32.0 Å². The Bertz CT molecular complexity index is 1150. The van der Waals surface area contributed by atoms with Crippen molar-refractivity contribution in [3.05, 3.63) is 41.3 Å². The molecular formula is C27H37ClF3N5O4S. The second-order valence-electron chi connectivity index (χ2n) is 10.7. The number of hydrogen-bond donors (Lipinski definition) is 1. The van der Waals surface area contributed by atoms with E-state index in [4.69, 9.17) is 4.42 Å². The first kappa shape index (κ1) is 34.6. The van der Waals surface area contributed by atoms with Crippen molar-refractivity contribution in [3.8, 4) is 0 Å². The van der Waals surface area contributed by atoms with Crippen LogP contribution < -0.4 is 5.32 Å². The average molecular weight is 620 g/mol. The van der Waals surface area contributed by atoms with E-state index >= 15 is 0 Å². The molecule has 1 N–H and O–H groups in total. The van der Waals surface area contributed by atoms with Gasteiger partial charge in [-0.15, -0.1) is 22.6 Å². The molecule has 0 spiro atoms. The number of benzene rings is 1. The SMILES string of the molecule is CC(C)CC(C(=O)c1nnc(SCCN(C)C)o1)N(C=O)C1(NC(=O)c2ccc(C(F)(F)F)cc2)CCCCC1.Cl. The highest BCUT2D eigenvalue weighted by atomic mass is 35.5. The minimum Gasteiger partial charge on any atom is -0.408 e. The van der Waals surface area contributed by atoms with Crippen LogP contribution in [-0.2, 0) is 11.0 Å². The van der Waals surface area contributed by atoms with Crippen molar-refractivity contribution in [2.45, 2.75) is 75.5 Å². The van der Waals surface area contributed by atoms with Crippen LogP contribution in [0.1, 0.15) is 79.0 Å². The van der Waals surface area contributed by atoms with Crippen molar-refractivity contribution in [2.75, 3.05) is 26.4 Å². The van der Waals surface area contributed by atoms with E-state index in [9.17, 15) is 27.6 Å². The Balaban J connectivity index is 0.00000588. The van der Waals surface area contributed by atoms with Crippen LogP contribution >= 0.6 is 24.2 Å². The lowest BCUT2D eigenvalue weighted by molar-refractivity contribution is -0.137. The van der Waals surface area contributed by atoms with Crippen molar-refractivity contribution in [1.29, 1.82) is 0 Å². The van der Waals surface area contributed by atoms with E-state index in [0.29, 0.717) is 37.8 Å². The zero-order valence-electron chi connectivity index (χ0n) is 23.6. The summed E-state index contributed by atoms with van der Waals surface area (Å²) in [7, 11) is 3.87. The van der Waals surface area contributed by atoms with Gasteiger partial charge in [-0.25, -0.2) is 0 Å². The van der Waals surface area contributed by atoms with Crippen LogP contribution in [0.15, 0.2) is 33.9 Å².